The summed E-state index contributed by atoms with van der Waals surface area (Å²) in [5, 5.41) is 0. The van der Waals surface area contributed by atoms with Crippen LogP contribution in [0.2, 0.25) is 0 Å². The molecular weight excluding hydrogens is 243 g/mol. The van der Waals surface area contributed by atoms with Crippen molar-refractivity contribution in [3.63, 3.8) is 0 Å². The molecule has 16 heavy (non-hydrogen) atoms. The summed E-state index contributed by atoms with van der Waals surface area (Å²) >= 11 is 0. The first-order chi connectivity index (χ1) is 7.26. The van der Waals surface area contributed by atoms with Gasteiger partial charge in [-0.3, -0.25) is 4.72 Å². The van der Waals surface area contributed by atoms with Crippen molar-refractivity contribution < 1.29 is 21.6 Å². The number of benzene rings is 1. The molecule has 0 unspecified atom stereocenters. The molecule has 0 heterocycles. The first-order valence-electron chi connectivity index (χ1n) is 3.92. The van der Waals surface area contributed by atoms with E-state index in [0.717, 1.165) is 6.07 Å². The quantitative estimate of drug-likeness (QED) is 0.814. The summed E-state index contributed by atoms with van der Waals surface area (Å²) < 4.78 is 58.9. The lowest BCUT2D eigenvalue weighted by Crippen LogP contribution is -2.29. The molecule has 0 aliphatic rings. The SMILES string of the molecule is C#Cc1cccc(NS(=O)(=O)C(F)(F)F)c1. The molecule has 0 atom stereocenters. The van der Waals surface area contributed by atoms with Gasteiger partial charge in [0.25, 0.3) is 0 Å². The average Bonchev–Trinajstić information content (AvgIpc) is 2.15. The Morgan fingerprint density at radius 2 is 1.94 bits per heavy atom. The van der Waals surface area contributed by atoms with Crippen molar-refractivity contribution in [2.75, 3.05) is 4.72 Å². The van der Waals surface area contributed by atoms with E-state index in [1.807, 2.05) is 0 Å². The van der Waals surface area contributed by atoms with E-state index in [4.69, 9.17) is 6.42 Å². The zero-order valence-corrected chi connectivity index (χ0v) is 8.56. The van der Waals surface area contributed by atoms with Gasteiger partial charge < -0.3 is 0 Å². The Hall–Kier alpha value is -1.68. The van der Waals surface area contributed by atoms with Gasteiger partial charge in [-0.25, -0.2) is 0 Å². The lowest BCUT2D eigenvalue weighted by Gasteiger charge is -2.10. The molecular formula is C9H6F3NO2S. The third-order valence-electron chi connectivity index (χ3n) is 1.59. The Kier molecular flexibility index (Phi) is 3.14. The number of terminal acetylenes is 1. The van der Waals surface area contributed by atoms with Gasteiger partial charge in [0.1, 0.15) is 0 Å². The van der Waals surface area contributed by atoms with Gasteiger partial charge in [0.15, 0.2) is 0 Å². The molecule has 1 rings (SSSR count). The number of hydrogen-bond donors (Lipinski definition) is 1. The Balaban J connectivity index is 3.03. The molecule has 0 spiro atoms. The van der Waals surface area contributed by atoms with E-state index in [9.17, 15) is 21.6 Å². The maximum Gasteiger partial charge on any atom is 0.516 e. The molecule has 0 bridgehead atoms. The Labute approximate surface area is 90.3 Å². The summed E-state index contributed by atoms with van der Waals surface area (Å²) in [4.78, 5) is 0. The van der Waals surface area contributed by atoms with Crippen LogP contribution >= 0.6 is 0 Å². The Morgan fingerprint density at radius 3 is 2.44 bits per heavy atom. The van der Waals surface area contributed by atoms with Crippen LogP contribution in [-0.2, 0) is 10.0 Å². The van der Waals surface area contributed by atoms with Crippen molar-refractivity contribution in [2.45, 2.75) is 5.51 Å². The van der Waals surface area contributed by atoms with Crippen LogP contribution < -0.4 is 4.72 Å². The van der Waals surface area contributed by atoms with Gasteiger partial charge in [-0.2, -0.15) is 21.6 Å². The summed E-state index contributed by atoms with van der Waals surface area (Å²) in [6.07, 6.45) is 5.02. The molecule has 0 aromatic heterocycles. The first kappa shape index (κ1) is 12.4. The van der Waals surface area contributed by atoms with Crippen molar-refractivity contribution in [1.82, 2.24) is 0 Å². The van der Waals surface area contributed by atoms with E-state index in [1.165, 1.54) is 22.9 Å². The van der Waals surface area contributed by atoms with Crippen molar-refractivity contribution >= 4 is 15.7 Å². The van der Waals surface area contributed by atoms with Gasteiger partial charge in [0, 0.05) is 5.56 Å². The predicted molar refractivity (Wildman–Crippen MR) is 53.0 cm³/mol. The fourth-order valence-corrected chi connectivity index (χ4v) is 1.44. The summed E-state index contributed by atoms with van der Waals surface area (Å²) in [6.45, 7) is 0. The second-order valence-electron chi connectivity index (χ2n) is 2.78. The average molecular weight is 249 g/mol. The molecule has 86 valence electrons. The standard InChI is InChI=1S/C9H6F3NO2S/c1-2-7-4-3-5-8(6-7)13-16(14,15)9(10,11)12/h1,3-6,13H. The smallest absolute Gasteiger partial charge is 0.276 e. The lowest BCUT2D eigenvalue weighted by molar-refractivity contribution is -0.0429. The number of rotatable bonds is 2. The van der Waals surface area contributed by atoms with Gasteiger partial charge in [-0.05, 0) is 18.2 Å². The van der Waals surface area contributed by atoms with Gasteiger partial charge in [0.2, 0.25) is 0 Å². The van der Waals surface area contributed by atoms with Crippen LogP contribution in [0.5, 0.6) is 0 Å². The highest BCUT2D eigenvalue weighted by atomic mass is 32.2. The van der Waals surface area contributed by atoms with Crippen LogP contribution in [0.4, 0.5) is 18.9 Å². The van der Waals surface area contributed by atoms with E-state index < -0.39 is 15.5 Å². The fourth-order valence-electron chi connectivity index (χ4n) is 0.885. The lowest BCUT2D eigenvalue weighted by atomic mass is 10.2. The van der Waals surface area contributed by atoms with E-state index in [0.29, 0.717) is 0 Å². The van der Waals surface area contributed by atoms with Crippen molar-refractivity contribution in [2.24, 2.45) is 0 Å². The van der Waals surface area contributed by atoms with Crippen LogP contribution in [-0.4, -0.2) is 13.9 Å². The number of halogens is 3. The zero-order chi connectivity index (χ0) is 12.4. The highest BCUT2D eigenvalue weighted by molar-refractivity contribution is 7.93. The number of alkyl halides is 3. The maximum atomic E-state index is 12.0. The minimum atomic E-state index is -5.39. The minimum absolute atomic E-state index is 0.229. The summed E-state index contributed by atoms with van der Waals surface area (Å²) in [6, 6.07) is 5.11. The van der Waals surface area contributed by atoms with E-state index in [1.54, 1.807) is 0 Å². The molecule has 1 aromatic rings. The molecule has 0 aliphatic carbocycles. The second-order valence-corrected chi connectivity index (χ2v) is 4.45. The molecule has 7 heteroatoms. The van der Waals surface area contributed by atoms with Crippen LogP contribution in [0, 0.1) is 12.3 Å². The number of anilines is 1. The van der Waals surface area contributed by atoms with E-state index >= 15 is 0 Å². The topological polar surface area (TPSA) is 46.2 Å². The minimum Gasteiger partial charge on any atom is -0.276 e. The van der Waals surface area contributed by atoms with Crippen LogP contribution in [0.25, 0.3) is 0 Å². The normalized spacial score (nSPS) is 11.9. The van der Waals surface area contributed by atoms with Gasteiger partial charge in [-0.1, -0.05) is 12.0 Å². The van der Waals surface area contributed by atoms with E-state index in [2.05, 4.69) is 5.92 Å². The third kappa shape index (κ3) is 2.67. The molecule has 0 amide bonds. The molecule has 0 aliphatic heterocycles. The highest BCUT2D eigenvalue weighted by Crippen LogP contribution is 2.25. The number of hydrogen-bond acceptors (Lipinski definition) is 2. The Bertz CT molecular complexity index is 528. The molecule has 0 saturated carbocycles. The van der Waals surface area contributed by atoms with E-state index in [-0.39, 0.29) is 11.3 Å². The summed E-state index contributed by atoms with van der Waals surface area (Å²) in [5.41, 5.74) is -5.30. The predicted octanol–water partition coefficient (Wildman–Crippen LogP) is 1.93. The van der Waals surface area contributed by atoms with Gasteiger partial charge in [-0.15, -0.1) is 6.42 Å². The summed E-state index contributed by atoms with van der Waals surface area (Å²) in [5.74, 6) is 2.18. The molecule has 3 nitrogen and oxygen atoms in total. The molecule has 1 aromatic carbocycles. The van der Waals surface area contributed by atoms with Crippen molar-refractivity contribution in [3.05, 3.63) is 29.8 Å². The largest absolute Gasteiger partial charge is 0.516 e. The molecule has 0 saturated heterocycles. The van der Waals surface area contributed by atoms with Crippen LogP contribution in [0.3, 0.4) is 0 Å². The number of nitrogens with one attached hydrogen (secondary N) is 1. The van der Waals surface area contributed by atoms with Crippen molar-refractivity contribution in [3.8, 4) is 12.3 Å². The van der Waals surface area contributed by atoms with Crippen molar-refractivity contribution in [1.29, 1.82) is 0 Å². The molecule has 0 fully saturated rings. The Morgan fingerprint density at radius 1 is 1.31 bits per heavy atom. The zero-order valence-electron chi connectivity index (χ0n) is 7.75. The van der Waals surface area contributed by atoms with Gasteiger partial charge >= 0.3 is 15.5 Å². The maximum absolute atomic E-state index is 12.0. The molecule has 0 radical (unpaired) electrons. The number of sulfonamides is 1. The third-order valence-corrected chi connectivity index (χ3v) is 2.70. The summed E-state index contributed by atoms with van der Waals surface area (Å²) in [7, 11) is -5.39. The highest BCUT2D eigenvalue weighted by Gasteiger charge is 2.45. The fraction of sp³-hybridized carbons (Fsp3) is 0.111. The first-order valence-corrected chi connectivity index (χ1v) is 5.40. The monoisotopic (exact) mass is 249 g/mol. The van der Waals surface area contributed by atoms with Gasteiger partial charge in [0.05, 0.1) is 5.69 Å². The van der Waals surface area contributed by atoms with Crippen LogP contribution in [0.1, 0.15) is 5.56 Å². The molecule has 1 N–H and O–H groups in total. The van der Waals surface area contributed by atoms with Crippen LogP contribution in [0.15, 0.2) is 24.3 Å². The second kappa shape index (κ2) is 4.06.